The monoisotopic (exact) mass is 427 g/mol. The number of nitrogens with one attached hydrogen (secondary N) is 1. The molecule has 0 amide bonds. The Balaban J connectivity index is 2.16. The summed E-state index contributed by atoms with van der Waals surface area (Å²) in [6.07, 6.45) is 3.68. The van der Waals surface area contributed by atoms with Crippen LogP contribution in [0.5, 0.6) is 0 Å². The molecule has 0 spiro atoms. The van der Waals surface area contributed by atoms with Gasteiger partial charge >= 0.3 is 0 Å². The minimum atomic E-state index is -3.59. The molecule has 1 aromatic carbocycles. The van der Waals surface area contributed by atoms with E-state index < -0.39 is 15.9 Å². The van der Waals surface area contributed by atoms with Crippen molar-refractivity contribution < 1.29 is 13.5 Å². The second-order valence-corrected chi connectivity index (χ2v) is 9.71. The third-order valence-electron chi connectivity index (χ3n) is 5.03. The number of halogens is 2. The van der Waals surface area contributed by atoms with E-state index in [0.717, 1.165) is 25.6 Å². The maximum atomic E-state index is 12.5. The maximum Gasteiger partial charge on any atom is 0.177 e. The molecule has 6 nitrogen and oxygen atoms in total. The van der Waals surface area contributed by atoms with Crippen molar-refractivity contribution >= 4 is 55.0 Å². The van der Waals surface area contributed by atoms with Crippen LogP contribution in [0.3, 0.4) is 0 Å². The van der Waals surface area contributed by atoms with Crippen molar-refractivity contribution in [2.24, 2.45) is 0 Å². The summed E-state index contributed by atoms with van der Waals surface area (Å²) in [6.45, 7) is 1.29. The molecular weight excluding hydrogens is 409 g/mol. The molecule has 3 heterocycles. The van der Waals surface area contributed by atoms with Crippen LogP contribution in [0, 0.1) is 0 Å². The number of rotatable bonds is 2. The second kappa shape index (κ2) is 6.90. The zero-order valence-corrected chi connectivity index (χ0v) is 16.9. The largest absolute Gasteiger partial charge is 0.390 e. The molecule has 0 saturated carbocycles. The van der Waals surface area contributed by atoms with Gasteiger partial charge in [-0.1, -0.05) is 23.2 Å². The molecular formula is C18H19Cl2N3O3S. The van der Waals surface area contributed by atoms with E-state index in [0.29, 0.717) is 33.5 Å². The number of aliphatic hydroxyl groups excluding tert-OH is 1. The minimum absolute atomic E-state index is 0.0655. The molecule has 3 aromatic rings. The Morgan fingerprint density at radius 3 is 2.85 bits per heavy atom. The lowest BCUT2D eigenvalue weighted by Gasteiger charge is -2.23. The molecule has 4 rings (SSSR count). The van der Waals surface area contributed by atoms with E-state index in [-0.39, 0.29) is 16.0 Å². The first-order valence-corrected chi connectivity index (χ1v) is 11.3. The lowest BCUT2D eigenvalue weighted by Crippen LogP contribution is -2.31. The van der Waals surface area contributed by atoms with E-state index >= 15 is 0 Å². The number of hydrogen-bond acceptors (Lipinski definition) is 5. The van der Waals surface area contributed by atoms with Crippen LogP contribution in [0.15, 0.2) is 29.3 Å². The predicted molar refractivity (Wildman–Crippen MR) is 108 cm³/mol. The van der Waals surface area contributed by atoms with E-state index in [9.17, 15) is 13.5 Å². The Morgan fingerprint density at radius 1 is 1.33 bits per heavy atom. The number of fused-ring (bicyclic) bond motifs is 3. The molecule has 0 aliphatic carbocycles. The topological polar surface area (TPSA) is 84.2 Å². The first kappa shape index (κ1) is 19.0. The Bertz CT molecular complexity index is 1140. The van der Waals surface area contributed by atoms with Gasteiger partial charge in [-0.3, -0.25) is 0 Å². The Kier molecular flexibility index (Phi) is 4.84. The molecule has 0 radical (unpaired) electrons. The highest BCUT2D eigenvalue weighted by atomic mass is 35.5. The summed E-state index contributed by atoms with van der Waals surface area (Å²) in [5.74, 6) is 0. The van der Waals surface area contributed by atoms with Crippen molar-refractivity contribution in [2.75, 3.05) is 19.3 Å². The molecule has 9 heteroatoms. The lowest BCUT2D eigenvalue weighted by atomic mass is 10.1. The summed E-state index contributed by atoms with van der Waals surface area (Å²) in [5.41, 5.74) is 1.27. The highest BCUT2D eigenvalue weighted by Crippen LogP contribution is 2.40. The number of aliphatic hydroxyl groups is 1. The van der Waals surface area contributed by atoms with Gasteiger partial charge in [-0.15, -0.1) is 0 Å². The minimum Gasteiger partial charge on any atom is -0.390 e. The third-order valence-corrected chi connectivity index (χ3v) is 6.83. The van der Waals surface area contributed by atoms with Gasteiger partial charge in [0.05, 0.1) is 32.6 Å². The van der Waals surface area contributed by atoms with Gasteiger partial charge in [0, 0.05) is 29.8 Å². The van der Waals surface area contributed by atoms with Crippen LogP contribution in [-0.2, 0) is 9.84 Å². The van der Waals surface area contributed by atoms with Gasteiger partial charge in [0.1, 0.15) is 5.65 Å². The van der Waals surface area contributed by atoms with Crippen LogP contribution in [0.2, 0.25) is 10.0 Å². The van der Waals surface area contributed by atoms with E-state index in [1.54, 1.807) is 18.2 Å². The van der Waals surface area contributed by atoms with Gasteiger partial charge in [-0.05, 0) is 37.6 Å². The first-order chi connectivity index (χ1) is 12.8. The smallest absolute Gasteiger partial charge is 0.177 e. The molecule has 1 fully saturated rings. The van der Waals surface area contributed by atoms with Gasteiger partial charge in [0.25, 0.3) is 0 Å². The summed E-state index contributed by atoms with van der Waals surface area (Å²) in [4.78, 5) is 4.54. The summed E-state index contributed by atoms with van der Waals surface area (Å²) in [5, 5.41) is 15.6. The molecule has 1 saturated heterocycles. The molecule has 2 atom stereocenters. The third kappa shape index (κ3) is 3.21. The summed E-state index contributed by atoms with van der Waals surface area (Å²) in [7, 11) is -3.59. The fraction of sp³-hybridized carbons (Fsp3) is 0.389. The Morgan fingerprint density at radius 2 is 2.11 bits per heavy atom. The zero-order valence-electron chi connectivity index (χ0n) is 14.6. The van der Waals surface area contributed by atoms with E-state index in [1.807, 2.05) is 4.57 Å². The van der Waals surface area contributed by atoms with Gasteiger partial charge in [-0.25, -0.2) is 13.4 Å². The molecule has 144 valence electrons. The highest BCUT2D eigenvalue weighted by molar-refractivity contribution is 7.91. The predicted octanol–water partition coefficient (Wildman–Crippen LogP) is 3.19. The fourth-order valence-corrected chi connectivity index (χ4v) is 5.69. The zero-order chi connectivity index (χ0) is 19.3. The Labute approximate surface area is 167 Å². The molecule has 2 N–H and O–H groups in total. The number of benzene rings is 1. The van der Waals surface area contributed by atoms with Gasteiger partial charge in [0.2, 0.25) is 0 Å². The van der Waals surface area contributed by atoms with Crippen LogP contribution in [0.1, 0.15) is 18.9 Å². The van der Waals surface area contributed by atoms with Crippen molar-refractivity contribution in [1.29, 1.82) is 0 Å². The average Bonchev–Trinajstić information content (AvgIpc) is 2.74. The van der Waals surface area contributed by atoms with Crippen molar-refractivity contribution in [3.8, 4) is 0 Å². The van der Waals surface area contributed by atoms with E-state index in [2.05, 4.69) is 10.3 Å². The van der Waals surface area contributed by atoms with E-state index in [1.165, 1.54) is 6.20 Å². The summed E-state index contributed by atoms with van der Waals surface area (Å²) >= 11 is 12.4. The summed E-state index contributed by atoms with van der Waals surface area (Å²) in [6, 6.07) is 4.84. The number of β-amino-alcohol motifs (C(OH)–C–C–N with tert-alkyl or cyclic N) is 1. The maximum absolute atomic E-state index is 12.5. The van der Waals surface area contributed by atoms with Gasteiger partial charge in [-0.2, -0.15) is 0 Å². The normalized spacial score (nSPS) is 21.6. The van der Waals surface area contributed by atoms with Crippen molar-refractivity contribution in [2.45, 2.75) is 29.9 Å². The van der Waals surface area contributed by atoms with Crippen molar-refractivity contribution in [3.05, 3.63) is 34.4 Å². The first-order valence-electron chi connectivity index (χ1n) is 8.65. The lowest BCUT2D eigenvalue weighted by molar-refractivity contribution is 0.119. The molecule has 0 unspecified atom stereocenters. The number of sulfone groups is 1. The van der Waals surface area contributed by atoms with E-state index in [4.69, 9.17) is 23.2 Å². The van der Waals surface area contributed by atoms with Crippen LogP contribution in [-0.4, -0.2) is 48.5 Å². The van der Waals surface area contributed by atoms with Crippen molar-refractivity contribution in [3.63, 3.8) is 0 Å². The quantitative estimate of drug-likeness (QED) is 0.655. The van der Waals surface area contributed by atoms with Crippen molar-refractivity contribution in [1.82, 2.24) is 14.9 Å². The average molecular weight is 428 g/mol. The number of pyridine rings is 1. The fourth-order valence-electron chi connectivity index (χ4n) is 3.94. The number of nitrogens with zero attached hydrogens (tertiary/aromatic N) is 2. The van der Waals surface area contributed by atoms with Crippen LogP contribution >= 0.6 is 23.2 Å². The highest BCUT2D eigenvalue weighted by Gasteiger charge is 2.30. The SMILES string of the molecule is CS(=O)(=O)c1c(Cl)ccc2c1c1cc(Cl)cnc1n2[C@H]1CCCNC[C@@H]1O. The standard InChI is InChI=1S/C18H19Cl2N3O3S/c1-27(25,26)17-12(20)4-5-14-16(17)11-7-10(19)8-22-18(11)23(14)13-3-2-6-21-9-15(13)24/h4-5,7-8,13,15,21,24H,2-3,6,9H2,1H3/t13-,15-/m0/s1. The molecule has 27 heavy (non-hydrogen) atoms. The van der Waals surface area contributed by atoms with Gasteiger partial charge < -0.3 is 15.0 Å². The van der Waals surface area contributed by atoms with Gasteiger partial charge in [0.15, 0.2) is 9.84 Å². The van der Waals surface area contributed by atoms with Crippen LogP contribution < -0.4 is 5.32 Å². The number of aromatic nitrogens is 2. The molecule has 1 aliphatic heterocycles. The van der Waals surface area contributed by atoms with Crippen LogP contribution in [0.25, 0.3) is 21.9 Å². The molecule has 0 bridgehead atoms. The number of hydrogen-bond donors (Lipinski definition) is 2. The molecule has 1 aliphatic rings. The summed E-state index contributed by atoms with van der Waals surface area (Å²) < 4.78 is 26.9. The second-order valence-electron chi connectivity index (χ2n) is 6.92. The van der Waals surface area contributed by atoms with Crippen LogP contribution in [0.4, 0.5) is 0 Å². The molecule has 2 aromatic heterocycles. The Hall–Kier alpha value is -1.38.